The fourth-order valence-corrected chi connectivity index (χ4v) is 10.4. The van der Waals surface area contributed by atoms with Gasteiger partial charge in [0.25, 0.3) is 0 Å². The van der Waals surface area contributed by atoms with E-state index >= 15 is 0 Å². The molecule has 268 valence electrons. The van der Waals surface area contributed by atoms with Crippen LogP contribution in [-0.2, 0) is 5.41 Å². The van der Waals surface area contributed by atoms with Gasteiger partial charge >= 0.3 is 0 Å². The van der Waals surface area contributed by atoms with E-state index in [0.29, 0.717) is 5.95 Å². The molecule has 0 bridgehead atoms. The SMILES string of the molecule is c1ccc(-c2cccc(-c3nc(-n4c5ccccc5c5c6ccccc6c6c(c54)C4(c5ccccc5-c5ccccc54)c4ccccc4-6)nc4ccccc34)n2)cc1. The van der Waals surface area contributed by atoms with Gasteiger partial charge in [-0.3, -0.25) is 4.57 Å². The lowest BCUT2D eigenvalue weighted by atomic mass is 9.70. The largest absolute Gasteiger partial charge is 0.277 e. The van der Waals surface area contributed by atoms with Crippen molar-refractivity contribution >= 4 is 43.5 Å². The Labute approximate surface area is 334 Å². The molecule has 0 saturated carbocycles. The Morgan fingerprint density at radius 1 is 0.397 bits per heavy atom. The molecule has 0 aliphatic heterocycles. The van der Waals surface area contributed by atoms with Crippen molar-refractivity contribution in [3.8, 4) is 50.8 Å². The zero-order chi connectivity index (χ0) is 38.0. The number of hydrogen-bond acceptors (Lipinski definition) is 3. The molecule has 0 unspecified atom stereocenters. The van der Waals surface area contributed by atoms with Gasteiger partial charge in [0.2, 0.25) is 5.95 Å². The van der Waals surface area contributed by atoms with Gasteiger partial charge in [-0.05, 0) is 74.0 Å². The number of benzene rings is 8. The average Bonchev–Trinajstić information content (AvgIpc) is 3.92. The highest BCUT2D eigenvalue weighted by Gasteiger charge is 2.53. The van der Waals surface area contributed by atoms with Crippen molar-refractivity contribution in [2.24, 2.45) is 0 Å². The zero-order valence-corrected chi connectivity index (χ0v) is 31.3. The number of fused-ring (bicyclic) bond motifs is 18. The van der Waals surface area contributed by atoms with Crippen LogP contribution in [0.25, 0.3) is 94.3 Å². The first kappa shape index (κ1) is 31.5. The minimum Gasteiger partial charge on any atom is -0.277 e. The molecule has 0 amide bonds. The molecular weight excluding hydrogens is 705 g/mol. The van der Waals surface area contributed by atoms with Crippen LogP contribution >= 0.6 is 0 Å². The fourth-order valence-electron chi connectivity index (χ4n) is 10.4. The summed E-state index contributed by atoms with van der Waals surface area (Å²) in [6, 6.07) is 69.8. The minimum absolute atomic E-state index is 0.585. The lowest BCUT2D eigenvalue weighted by Gasteiger charge is -2.31. The molecule has 58 heavy (non-hydrogen) atoms. The predicted molar refractivity (Wildman–Crippen MR) is 236 cm³/mol. The van der Waals surface area contributed by atoms with Crippen molar-refractivity contribution in [3.63, 3.8) is 0 Å². The van der Waals surface area contributed by atoms with Crippen LogP contribution in [0.2, 0.25) is 0 Å². The highest BCUT2D eigenvalue weighted by Crippen LogP contribution is 2.66. The maximum atomic E-state index is 5.60. The van der Waals surface area contributed by atoms with E-state index in [4.69, 9.17) is 15.0 Å². The summed E-state index contributed by atoms with van der Waals surface area (Å²) >= 11 is 0. The van der Waals surface area contributed by atoms with Gasteiger partial charge in [-0.2, -0.15) is 0 Å². The Morgan fingerprint density at radius 2 is 0.966 bits per heavy atom. The topological polar surface area (TPSA) is 43.6 Å². The molecule has 4 nitrogen and oxygen atoms in total. The van der Waals surface area contributed by atoms with Crippen molar-refractivity contribution in [3.05, 3.63) is 216 Å². The Kier molecular flexibility index (Phi) is 6.34. The van der Waals surface area contributed by atoms with Gasteiger partial charge in [0.15, 0.2) is 0 Å². The molecule has 13 rings (SSSR count). The molecule has 8 aromatic carbocycles. The van der Waals surface area contributed by atoms with Crippen LogP contribution < -0.4 is 0 Å². The van der Waals surface area contributed by atoms with E-state index in [0.717, 1.165) is 44.6 Å². The van der Waals surface area contributed by atoms with Gasteiger partial charge in [-0.1, -0.05) is 170 Å². The quantitative estimate of drug-likeness (QED) is 0.181. The highest BCUT2D eigenvalue weighted by atomic mass is 15.2. The van der Waals surface area contributed by atoms with Crippen LogP contribution in [0.5, 0.6) is 0 Å². The third-order valence-corrected chi connectivity index (χ3v) is 12.6. The second-order valence-corrected chi connectivity index (χ2v) is 15.4. The summed E-state index contributed by atoms with van der Waals surface area (Å²) in [4.78, 5) is 16.3. The van der Waals surface area contributed by atoms with Crippen molar-refractivity contribution in [1.29, 1.82) is 0 Å². The summed E-state index contributed by atoms with van der Waals surface area (Å²) in [5.74, 6) is 0.620. The first-order chi connectivity index (χ1) is 28.8. The number of nitrogens with zero attached hydrogens (tertiary/aromatic N) is 4. The summed E-state index contributed by atoms with van der Waals surface area (Å²) in [6.45, 7) is 0. The van der Waals surface area contributed by atoms with E-state index in [2.05, 4.69) is 193 Å². The summed E-state index contributed by atoms with van der Waals surface area (Å²) in [6.07, 6.45) is 0. The first-order valence-electron chi connectivity index (χ1n) is 19.9. The van der Waals surface area contributed by atoms with E-state index in [1.807, 2.05) is 6.07 Å². The Balaban J connectivity index is 1.23. The van der Waals surface area contributed by atoms with Crippen LogP contribution in [0.3, 0.4) is 0 Å². The molecule has 3 aromatic heterocycles. The highest BCUT2D eigenvalue weighted by molar-refractivity contribution is 6.27. The van der Waals surface area contributed by atoms with Crippen molar-refractivity contribution < 1.29 is 0 Å². The number of aromatic nitrogens is 4. The monoisotopic (exact) mass is 736 g/mol. The number of pyridine rings is 1. The van der Waals surface area contributed by atoms with Gasteiger partial charge in [0, 0.05) is 27.3 Å². The molecule has 0 saturated heterocycles. The van der Waals surface area contributed by atoms with E-state index in [9.17, 15) is 0 Å². The van der Waals surface area contributed by atoms with Crippen molar-refractivity contribution in [2.75, 3.05) is 0 Å². The molecule has 0 fully saturated rings. The third-order valence-electron chi connectivity index (χ3n) is 12.6. The molecule has 0 atom stereocenters. The molecule has 4 heteroatoms. The summed E-state index contributed by atoms with van der Waals surface area (Å²) in [5, 5.41) is 5.81. The van der Waals surface area contributed by atoms with Gasteiger partial charge in [0.05, 0.1) is 33.4 Å². The number of rotatable bonds is 3. The maximum absolute atomic E-state index is 5.60. The summed E-state index contributed by atoms with van der Waals surface area (Å²) < 4.78 is 2.37. The zero-order valence-electron chi connectivity index (χ0n) is 31.3. The minimum atomic E-state index is -0.585. The standard InChI is InChI=1S/C54H32N4/c1-2-17-33(18-3-1)44-30-16-31-46(55-44)51-39-24-9-14-29-45(39)56-53(57-51)58-47-32-15-10-25-40(47)49-37-22-5-4-21-36(37)48-38-23-8-13-28-43(38)54(50(48)52(49)58)41-26-11-6-19-34(41)35-20-7-12-27-42(35)54/h1-32H. The van der Waals surface area contributed by atoms with Crippen LogP contribution in [-0.4, -0.2) is 19.5 Å². The summed E-state index contributed by atoms with van der Waals surface area (Å²) in [7, 11) is 0. The molecule has 11 aromatic rings. The molecule has 1 spiro atoms. The molecule has 2 aliphatic rings. The second kappa shape index (κ2) is 11.7. The average molecular weight is 737 g/mol. The lowest BCUT2D eigenvalue weighted by Crippen LogP contribution is -2.26. The van der Waals surface area contributed by atoms with E-state index < -0.39 is 5.41 Å². The normalized spacial score (nSPS) is 13.3. The van der Waals surface area contributed by atoms with Crippen molar-refractivity contribution in [2.45, 2.75) is 5.41 Å². The molecule has 0 N–H and O–H groups in total. The third kappa shape index (κ3) is 4.01. The lowest BCUT2D eigenvalue weighted by molar-refractivity contribution is 0.796. The van der Waals surface area contributed by atoms with Gasteiger partial charge in [0.1, 0.15) is 5.69 Å². The molecular formula is C54H32N4. The summed E-state index contributed by atoms with van der Waals surface area (Å²) in [5.41, 5.74) is 16.3. The van der Waals surface area contributed by atoms with Crippen molar-refractivity contribution in [1.82, 2.24) is 19.5 Å². The molecule has 0 radical (unpaired) electrons. The Bertz CT molecular complexity index is 3480. The van der Waals surface area contributed by atoms with E-state index in [1.165, 1.54) is 66.1 Å². The molecule has 2 aliphatic carbocycles. The van der Waals surface area contributed by atoms with Crippen LogP contribution in [0.4, 0.5) is 0 Å². The number of para-hydroxylation sites is 2. The van der Waals surface area contributed by atoms with E-state index in [1.54, 1.807) is 0 Å². The Hall–Kier alpha value is -7.69. The fraction of sp³-hybridized carbons (Fsp3) is 0.0185. The van der Waals surface area contributed by atoms with E-state index in [-0.39, 0.29) is 0 Å². The Morgan fingerprint density at radius 3 is 1.72 bits per heavy atom. The maximum Gasteiger partial charge on any atom is 0.235 e. The van der Waals surface area contributed by atoms with Gasteiger partial charge in [-0.25, -0.2) is 15.0 Å². The molecule has 3 heterocycles. The smallest absolute Gasteiger partial charge is 0.235 e. The van der Waals surface area contributed by atoms with Crippen LogP contribution in [0.15, 0.2) is 194 Å². The van der Waals surface area contributed by atoms with Crippen LogP contribution in [0, 0.1) is 0 Å². The first-order valence-corrected chi connectivity index (χ1v) is 19.9. The second-order valence-electron chi connectivity index (χ2n) is 15.4. The number of hydrogen-bond donors (Lipinski definition) is 0. The van der Waals surface area contributed by atoms with Gasteiger partial charge < -0.3 is 0 Å². The predicted octanol–water partition coefficient (Wildman–Crippen LogP) is 13.0. The van der Waals surface area contributed by atoms with Gasteiger partial charge in [-0.15, -0.1) is 0 Å². The van der Waals surface area contributed by atoms with Crippen LogP contribution in [0.1, 0.15) is 22.3 Å².